The van der Waals surface area contributed by atoms with E-state index < -0.39 is 19.5 Å². The highest BCUT2D eigenvalue weighted by atomic mass is 28.2. The summed E-state index contributed by atoms with van der Waals surface area (Å²) < 4.78 is 31.4. The van der Waals surface area contributed by atoms with Gasteiger partial charge in [-0.25, -0.2) is 4.39 Å². The second-order valence-corrected chi connectivity index (χ2v) is 11.0. The molecule has 31 heavy (non-hydrogen) atoms. The van der Waals surface area contributed by atoms with E-state index in [1.165, 1.54) is 7.11 Å². The highest BCUT2D eigenvalue weighted by Gasteiger charge is 2.30. The van der Waals surface area contributed by atoms with E-state index in [1.54, 1.807) is 6.07 Å². The molecular formula is C23H40FNO4Si2. The summed E-state index contributed by atoms with van der Waals surface area (Å²) in [5.41, 5.74) is 1.49. The second kappa shape index (κ2) is 12.7. The topological polar surface area (TPSA) is 56.8 Å². The molecule has 0 unspecified atom stereocenters. The monoisotopic (exact) mass is 469 g/mol. The van der Waals surface area contributed by atoms with Crippen molar-refractivity contribution >= 4 is 31.2 Å². The molecule has 1 N–H and O–H groups in total. The van der Waals surface area contributed by atoms with Crippen molar-refractivity contribution in [2.24, 2.45) is 11.3 Å². The molecule has 0 saturated heterocycles. The fourth-order valence-corrected chi connectivity index (χ4v) is 6.28. The Morgan fingerprint density at radius 1 is 1.19 bits per heavy atom. The number of halogens is 1. The van der Waals surface area contributed by atoms with E-state index in [0.717, 1.165) is 37.7 Å². The lowest BCUT2D eigenvalue weighted by atomic mass is 9.77. The van der Waals surface area contributed by atoms with Crippen LogP contribution < -0.4 is 5.32 Å². The molecule has 5 nitrogen and oxygen atoms in total. The molecule has 0 heterocycles. The smallest absolute Gasteiger partial charge is 0.305 e. The maximum absolute atomic E-state index is 14.8. The number of ether oxygens (including phenoxy) is 1. The van der Waals surface area contributed by atoms with Crippen molar-refractivity contribution in [3.63, 3.8) is 0 Å². The number of rotatable bonds is 12. The summed E-state index contributed by atoms with van der Waals surface area (Å²) in [6.07, 6.45) is 5.15. The van der Waals surface area contributed by atoms with Crippen LogP contribution in [0.15, 0.2) is 18.2 Å². The molecule has 0 aromatic heterocycles. The largest absolute Gasteiger partial charge is 0.469 e. The van der Waals surface area contributed by atoms with Crippen molar-refractivity contribution < 1.29 is 22.8 Å². The Labute approximate surface area is 191 Å². The Morgan fingerprint density at radius 2 is 1.84 bits per heavy atom. The third kappa shape index (κ3) is 8.00. The molecule has 1 aliphatic rings. The number of carbonyl (C=O) groups is 1. The summed E-state index contributed by atoms with van der Waals surface area (Å²) >= 11 is 0. The number of esters is 1. The van der Waals surface area contributed by atoms with E-state index in [2.05, 4.69) is 32.3 Å². The van der Waals surface area contributed by atoms with Crippen LogP contribution in [0, 0.1) is 17.2 Å². The van der Waals surface area contributed by atoms with Crippen LogP contribution in [0.1, 0.15) is 63.9 Å². The van der Waals surface area contributed by atoms with Crippen molar-refractivity contribution in [2.75, 3.05) is 19.0 Å². The molecule has 0 atom stereocenters. The zero-order valence-electron chi connectivity index (χ0n) is 19.8. The molecule has 1 aliphatic carbocycles. The number of hydrogen-bond acceptors (Lipinski definition) is 5. The van der Waals surface area contributed by atoms with E-state index in [9.17, 15) is 9.18 Å². The average molecular weight is 470 g/mol. The van der Waals surface area contributed by atoms with Crippen molar-refractivity contribution in [1.29, 1.82) is 0 Å². The second-order valence-electron chi connectivity index (χ2n) is 9.15. The minimum absolute atomic E-state index is 0.113. The minimum Gasteiger partial charge on any atom is -0.469 e. The Balaban J connectivity index is 1.87. The van der Waals surface area contributed by atoms with Gasteiger partial charge in [0.05, 0.1) is 12.8 Å². The molecule has 8 heteroatoms. The van der Waals surface area contributed by atoms with Gasteiger partial charge in [0.2, 0.25) is 0 Å². The molecule has 0 radical (unpaired) electrons. The molecule has 1 fully saturated rings. The lowest BCUT2D eigenvalue weighted by molar-refractivity contribution is -0.142. The maximum atomic E-state index is 14.8. The first-order valence-corrected chi connectivity index (χ1v) is 15.6. The van der Waals surface area contributed by atoms with Gasteiger partial charge in [-0.15, -0.1) is 0 Å². The van der Waals surface area contributed by atoms with Gasteiger partial charge in [-0.1, -0.05) is 33.0 Å². The van der Waals surface area contributed by atoms with Crippen molar-refractivity contribution in [1.82, 2.24) is 0 Å². The minimum atomic E-state index is -0.545. The third-order valence-electron chi connectivity index (χ3n) is 6.35. The van der Waals surface area contributed by atoms with E-state index in [1.807, 2.05) is 12.1 Å². The Hall–Kier alpha value is -1.23. The number of anilines is 1. The Kier molecular flexibility index (Phi) is 10.7. The fourth-order valence-electron chi connectivity index (χ4n) is 4.39. The predicted molar refractivity (Wildman–Crippen MR) is 129 cm³/mol. The van der Waals surface area contributed by atoms with Crippen molar-refractivity contribution in [2.45, 2.75) is 77.7 Å². The number of methoxy groups -OCH3 is 1. The number of benzene rings is 1. The zero-order chi connectivity index (χ0) is 22.9. The molecule has 176 valence electrons. The molecule has 0 spiro atoms. The van der Waals surface area contributed by atoms with E-state index >= 15 is 0 Å². The van der Waals surface area contributed by atoms with Crippen LogP contribution in [0.4, 0.5) is 10.1 Å². The van der Waals surface area contributed by atoms with Gasteiger partial charge in [0.1, 0.15) is 12.1 Å². The first kappa shape index (κ1) is 26.0. The Morgan fingerprint density at radius 3 is 2.39 bits per heavy atom. The number of carbonyl (C=O) groups excluding carboxylic acids is 1. The molecule has 1 saturated carbocycles. The molecule has 0 bridgehead atoms. The zero-order valence-corrected chi connectivity index (χ0v) is 22.7. The number of hydrogen-bond donors (Lipinski definition) is 1. The lowest BCUT2D eigenvalue weighted by Crippen LogP contribution is -2.37. The van der Waals surface area contributed by atoms with Gasteiger partial charge in [-0.05, 0) is 61.6 Å². The highest BCUT2D eigenvalue weighted by Crippen LogP contribution is 2.38. The van der Waals surface area contributed by atoms with Crippen LogP contribution >= 0.6 is 0 Å². The van der Waals surface area contributed by atoms with Gasteiger partial charge < -0.3 is 18.9 Å². The summed E-state index contributed by atoms with van der Waals surface area (Å²) in [5, 5.41) is 3.26. The average Bonchev–Trinajstić information content (AvgIpc) is 2.75. The van der Waals surface area contributed by atoms with Crippen molar-refractivity contribution in [3.8, 4) is 0 Å². The van der Waals surface area contributed by atoms with Crippen LogP contribution in [-0.4, -0.2) is 45.4 Å². The highest BCUT2D eigenvalue weighted by molar-refractivity contribution is 6.26. The quantitative estimate of drug-likeness (QED) is 0.284. The van der Waals surface area contributed by atoms with E-state index in [0.29, 0.717) is 30.5 Å². The molecule has 2 rings (SSSR count). The molecular weight excluding hydrogens is 429 g/mol. The standard InChI is InChI=1S/C23H40FNO4Si2/c1-23(2,22(28-30-4)29-31-5)12-13-25-20-11-10-18(15-19(20)24)17-8-6-16(7-9-17)14-21(26)27-3/h10-11,15-17,22,25H,6-9,12-14,30-31H2,1-5H3. The first-order chi connectivity index (χ1) is 14.8. The van der Waals surface area contributed by atoms with E-state index in [4.69, 9.17) is 13.6 Å². The van der Waals surface area contributed by atoms with Crippen LogP contribution in [0.25, 0.3) is 0 Å². The van der Waals surface area contributed by atoms with Crippen LogP contribution in [0.2, 0.25) is 13.1 Å². The summed E-state index contributed by atoms with van der Waals surface area (Å²) in [6, 6.07) is 5.59. The van der Waals surface area contributed by atoms with Gasteiger partial charge in [-0.2, -0.15) is 0 Å². The molecule has 1 aromatic rings. The summed E-state index contributed by atoms with van der Waals surface area (Å²) in [6.45, 7) is 9.21. The molecule has 0 aliphatic heterocycles. The number of nitrogens with one attached hydrogen (secondary N) is 1. The summed E-state index contributed by atoms with van der Waals surface area (Å²) in [7, 11) is 0.347. The summed E-state index contributed by atoms with van der Waals surface area (Å²) in [4.78, 5) is 11.5. The predicted octanol–water partition coefficient (Wildman–Crippen LogP) is 4.11. The van der Waals surface area contributed by atoms with Crippen LogP contribution in [-0.2, 0) is 18.4 Å². The van der Waals surface area contributed by atoms with Gasteiger partial charge >= 0.3 is 5.97 Å². The Bertz CT molecular complexity index is 690. The normalized spacial score (nSPS) is 21.1. The van der Waals surface area contributed by atoms with E-state index in [-0.39, 0.29) is 23.5 Å². The molecule has 1 aromatic carbocycles. The summed E-state index contributed by atoms with van der Waals surface area (Å²) in [5.74, 6) is 0.423. The first-order valence-electron chi connectivity index (χ1n) is 11.6. The SMILES string of the molecule is COC(=O)CC1CCC(c2ccc(NCCC(C)(C)C(O[SiH2]C)O[SiH2]C)c(F)c2)CC1. The maximum Gasteiger partial charge on any atom is 0.305 e. The molecule has 0 amide bonds. The van der Waals surface area contributed by atoms with Gasteiger partial charge in [0, 0.05) is 18.4 Å². The third-order valence-corrected chi connectivity index (χ3v) is 7.63. The van der Waals surface area contributed by atoms with Gasteiger partial charge in [0.15, 0.2) is 19.5 Å². The lowest BCUT2D eigenvalue weighted by Gasteiger charge is -2.34. The van der Waals surface area contributed by atoms with Gasteiger partial charge in [0.25, 0.3) is 0 Å². The van der Waals surface area contributed by atoms with Crippen molar-refractivity contribution in [3.05, 3.63) is 29.6 Å². The van der Waals surface area contributed by atoms with Crippen LogP contribution in [0.5, 0.6) is 0 Å². The van der Waals surface area contributed by atoms with Gasteiger partial charge in [-0.3, -0.25) is 4.79 Å². The fraction of sp³-hybridized carbons (Fsp3) is 0.696. The van der Waals surface area contributed by atoms with Crippen LogP contribution in [0.3, 0.4) is 0 Å².